The molecule has 22 heavy (non-hydrogen) atoms. The Morgan fingerprint density at radius 3 is 2.73 bits per heavy atom. The number of pyridine rings is 1. The Bertz CT molecular complexity index is 457. The first-order chi connectivity index (χ1) is 9.58. The number of carbonyl (C=O) groups excluding carboxylic acids is 1. The van der Waals surface area contributed by atoms with E-state index < -0.39 is 0 Å². The maximum atomic E-state index is 12.1. The van der Waals surface area contributed by atoms with Gasteiger partial charge in [0.25, 0.3) is 0 Å². The van der Waals surface area contributed by atoms with E-state index in [9.17, 15) is 4.79 Å². The number of nitrogens with one attached hydrogen (secondary N) is 2. The van der Waals surface area contributed by atoms with Gasteiger partial charge in [-0.2, -0.15) is 0 Å². The van der Waals surface area contributed by atoms with Gasteiger partial charge in [0, 0.05) is 33.4 Å². The summed E-state index contributed by atoms with van der Waals surface area (Å²) in [6.45, 7) is 3.75. The average Bonchev–Trinajstić information content (AvgIpc) is 2.45. The fourth-order valence-corrected chi connectivity index (χ4v) is 2.11. The summed E-state index contributed by atoms with van der Waals surface area (Å²) in [5, 5.41) is 6.08. The van der Waals surface area contributed by atoms with Gasteiger partial charge in [-0.1, -0.05) is 6.07 Å². The van der Waals surface area contributed by atoms with Crippen molar-refractivity contribution in [1.82, 2.24) is 15.6 Å². The maximum absolute atomic E-state index is 12.1. The van der Waals surface area contributed by atoms with E-state index in [2.05, 4.69) is 15.6 Å². The third kappa shape index (κ3) is 5.61. The summed E-state index contributed by atoms with van der Waals surface area (Å²) >= 11 is 0. The minimum Gasteiger partial charge on any atom is -0.375 e. The van der Waals surface area contributed by atoms with Gasteiger partial charge in [-0.05, 0) is 18.6 Å². The molecule has 0 radical (unpaired) electrons. The van der Waals surface area contributed by atoms with E-state index in [1.165, 1.54) is 0 Å². The van der Waals surface area contributed by atoms with Crippen LogP contribution in [-0.4, -0.2) is 50.3 Å². The lowest BCUT2D eigenvalue weighted by molar-refractivity contribution is -0.129. The Morgan fingerprint density at radius 1 is 1.45 bits per heavy atom. The lowest BCUT2D eigenvalue weighted by Gasteiger charge is -2.29. The second-order valence-electron chi connectivity index (χ2n) is 5.14. The van der Waals surface area contributed by atoms with Gasteiger partial charge in [0.15, 0.2) is 0 Å². The molecule has 6 nitrogen and oxygen atoms in total. The highest BCUT2D eigenvalue weighted by atomic mass is 35.5. The predicted molar refractivity (Wildman–Crippen MR) is 92.1 cm³/mol. The van der Waals surface area contributed by atoms with Gasteiger partial charge in [0.1, 0.15) is 11.9 Å². The number of aromatic nitrogens is 1. The number of nitrogens with zero attached hydrogens (tertiary/aromatic N) is 2. The topological polar surface area (TPSA) is 66.5 Å². The second kappa shape index (κ2) is 9.84. The van der Waals surface area contributed by atoms with Crippen LogP contribution in [0.5, 0.6) is 0 Å². The van der Waals surface area contributed by atoms with Crippen molar-refractivity contribution in [2.75, 3.05) is 32.1 Å². The zero-order valence-electron chi connectivity index (χ0n) is 13.0. The Kier molecular flexibility index (Phi) is 9.36. The van der Waals surface area contributed by atoms with E-state index in [0.717, 1.165) is 11.4 Å². The lowest BCUT2D eigenvalue weighted by Crippen LogP contribution is -2.55. The standard InChI is InChI=1S/C14H22N4O2.2ClH/c1-10-13(15-6-7-20-10)14(19)17-9-11-4-5-12(16-8-11)18(2)3;;/h4-5,8,10,13,15H,6-7,9H2,1-3H3,(H,17,19);2*1H/t10-,13+;;/m1../s1. The Balaban J connectivity index is 0.00000220. The van der Waals surface area contributed by atoms with Gasteiger partial charge >= 0.3 is 0 Å². The molecule has 0 spiro atoms. The van der Waals surface area contributed by atoms with Crippen LogP contribution < -0.4 is 15.5 Å². The largest absolute Gasteiger partial charge is 0.375 e. The molecule has 2 N–H and O–H groups in total. The van der Waals surface area contributed by atoms with Crippen LogP contribution in [-0.2, 0) is 16.1 Å². The van der Waals surface area contributed by atoms with Crippen molar-refractivity contribution >= 4 is 36.5 Å². The Morgan fingerprint density at radius 2 is 2.18 bits per heavy atom. The molecule has 0 aliphatic carbocycles. The number of hydrogen-bond acceptors (Lipinski definition) is 5. The van der Waals surface area contributed by atoms with Gasteiger partial charge < -0.3 is 20.3 Å². The zero-order valence-corrected chi connectivity index (χ0v) is 14.7. The summed E-state index contributed by atoms with van der Waals surface area (Å²) in [5.74, 6) is 0.866. The quantitative estimate of drug-likeness (QED) is 0.847. The molecule has 2 heterocycles. The van der Waals surface area contributed by atoms with Gasteiger partial charge in [-0.25, -0.2) is 4.98 Å². The number of hydrogen-bond donors (Lipinski definition) is 2. The minimum atomic E-state index is -0.280. The van der Waals surface area contributed by atoms with E-state index in [0.29, 0.717) is 19.7 Å². The summed E-state index contributed by atoms with van der Waals surface area (Å²) in [4.78, 5) is 18.3. The van der Waals surface area contributed by atoms with Gasteiger partial charge in [0.05, 0.1) is 12.7 Å². The monoisotopic (exact) mass is 350 g/mol. The van der Waals surface area contributed by atoms with E-state index in [1.807, 2.05) is 38.1 Å². The molecule has 8 heteroatoms. The fourth-order valence-electron chi connectivity index (χ4n) is 2.11. The van der Waals surface area contributed by atoms with Gasteiger partial charge in [-0.15, -0.1) is 24.8 Å². The molecule has 0 aromatic carbocycles. The summed E-state index contributed by atoms with van der Waals surface area (Å²) in [7, 11) is 3.89. The van der Waals surface area contributed by atoms with Gasteiger partial charge in [0.2, 0.25) is 5.91 Å². The van der Waals surface area contributed by atoms with Crippen LogP contribution in [0.3, 0.4) is 0 Å². The van der Waals surface area contributed by atoms with Crippen LogP contribution in [0, 0.1) is 0 Å². The summed E-state index contributed by atoms with van der Waals surface area (Å²) in [6, 6.07) is 3.63. The Hall–Kier alpha value is -1.08. The van der Waals surface area contributed by atoms with Crippen molar-refractivity contribution in [2.45, 2.75) is 25.6 Å². The van der Waals surface area contributed by atoms with Crippen LogP contribution >= 0.6 is 24.8 Å². The molecule has 1 fully saturated rings. The molecule has 2 atom stereocenters. The first kappa shape index (κ1) is 20.9. The van der Waals surface area contributed by atoms with Crippen molar-refractivity contribution in [1.29, 1.82) is 0 Å². The third-order valence-electron chi connectivity index (χ3n) is 3.33. The molecular formula is C14H24Cl2N4O2. The summed E-state index contributed by atoms with van der Waals surface area (Å²) in [6.07, 6.45) is 1.68. The third-order valence-corrected chi connectivity index (χ3v) is 3.33. The van der Waals surface area contributed by atoms with Crippen molar-refractivity contribution < 1.29 is 9.53 Å². The molecule has 1 aromatic heterocycles. The highest BCUT2D eigenvalue weighted by Gasteiger charge is 2.27. The number of halogens is 2. The number of anilines is 1. The van der Waals surface area contributed by atoms with E-state index in [1.54, 1.807) is 6.20 Å². The molecule has 0 saturated carbocycles. The Labute approximate surface area is 143 Å². The van der Waals surface area contributed by atoms with Crippen LogP contribution in [0.15, 0.2) is 18.3 Å². The fraction of sp³-hybridized carbons (Fsp3) is 0.571. The molecule has 1 aliphatic heterocycles. The van der Waals surface area contributed by atoms with Crippen molar-refractivity contribution in [2.24, 2.45) is 0 Å². The van der Waals surface area contributed by atoms with Crippen molar-refractivity contribution in [3.8, 4) is 0 Å². The van der Waals surface area contributed by atoms with Crippen LogP contribution in [0.2, 0.25) is 0 Å². The van der Waals surface area contributed by atoms with Crippen molar-refractivity contribution in [3.05, 3.63) is 23.9 Å². The zero-order chi connectivity index (χ0) is 14.5. The molecule has 0 bridgehead atoms. The molecule has 0 unspecified atom stereocenters. The highest BCUT2D eigenvalue weighted by Crippen LogP contribution is 2.08. The molecular weight excluding hydrogens is 327 g/mol. The SMILES string of the molecule is C[C@H]1OCCN[C@@H]1C(=O)NCc1ccc(N(C)C)nc1.Cl.Cl. The molecule has 1 aliphatic rings. The van der Waals surface area contributed by atoms with Crippen LogP contribution in [0.4, 0.5) is 5.82 Å². The predicted octanol–water partition coefficient (Wildman–Crippen LogP) is 0.984. The number of morpholine rings is 1. The van der Waals surface area contributed by atoms with Gasteiger partial charge in [-0.3, -0.25) is 4.79 Å². The molecule has 2 rings (SSSR count). The van der Waals surface area contributed by atoms with E-state index in [-0.39, 0.29) is 42.9 Å². The normalized spacial score (nSPS) is 20.3. The smallest absolute Gasteiger partial charge is 0.240 e. The number of carbonyl (C=O) groups is 1. The van der Waals surface area contributed by atoms with E-state index in [4.69, 9.17) is 4.74 Å². The molecule has 1 aromatic rings. The van der Waals surface area contributed by atoms with E-state index >= 15 is 0 Å². The second-order valence-corrected chi connectivity index (χ2v) is 5.14. The number of ether oxygens (including phenoxy) is 1. The first-order valence-electron chi connectivity index (χ1n) is 6.83. The highest BCUT2D eigenvalue weighted by molar-refractivity contribution is 5.85. The van der Waals surface area contributed by atoms with Crippen molar-refractivity contribution in [3.63, 3.8) is 0 Å². The minimum absolute atomic E-state index is 0. The summed E-state index contributed by atoms with van der Waals surface area (Å²) in [5.41, 5.74) is 0.980. The first-order valence-corrected chi connectivity index (χ1v) is 6.83. The molecule has 126 valence electrons. The number of rotatable bonds is 4. The van der Waals surface area contributed by atoms with Crippen LogP contribution in [0.1, 0.15) is 12.5 Å². The molecule has 1 saturated heterocycles. The maximum Gasteiger partial charge on any atom is 0.240 e. The summed E-state index contributed by atoms with van der Waals surface area (Å²) < 4.78 is 5.46. The van der Waals surface area contributed by atoms with Crippen LogP contribution in [0.25, 0.3) is 0 Å². The molecule has 1 amide bonds. The average molecular weight is 351 g/mol. The number of amides is 1. The lowest BCUT2D eigenvalue weighted by atomic mass is 10.1.